The molecule has 0 saturated carbocycles. The molecule has 2 fully saturated rings. The number of aliphatic carboxylic acids is 1. The number of nitrogens with one attached hydrogen (secondary N) is 1. The molecule has 0 aromatic rings. The molecule has 142 valence electrons. The standard InChI is InChI=1S/C16H26N2O6S/c1-2-3-6-11(15(20)21)24-13(19)8-5-4-7-12-14-10(9-25-12)17-16(22)18(14)23/h10-12,14,23H,2-9H2,1H3,(H,17,22)(H,20,21)/t10-,11?,12-,14-/m1/s1. The van der Waals surface area contributed by atoms with E-state index in [0.717, 1.165) is 30.1 Å². The monoisotopic (exact) mass is 374 g/mol. The van der Waals surface area contributed by atoms with Crippen LogP contribution in [-0.2, 0) is 14.3 Å². The maximum atomic E-state index is 11.8. The summed E-state index contributed by atoms with van der Waals surface area (Å²) >= 11 is 1.71. The van der Waals surface area contributed by atoms with Gasteiger partial charge >= 0.3 is 18.0 Å². The van der Waals surface area contributed by atoms with Gasteiger partial charge in [-0.15, -0.1) is 0 Å². The van der Waals surface area contributed by atoms with Crippen LogP contribution < -0.4 is 5.32 Å². The smallest absolute Gasteiger partial charge is 0.345 e. The van der Waals surface area contributed by atoms with Crippen molar-refractivity contribution < 1.29 is 29.4 Å². The van der Waals surface area contributed by atoms with Crippen LogP contribution in [0.2, 0.25) is 0 Å². The summed E-state index contributed by atoms with van der Waals surface area (Å²) in [4.78, 5) is 34.3. The third-order valence-corrected chi connectivity index (χ3v) is 6.07. The van der Waals surface area contributed by atoms with E-state index in [0.29, 0.717) is 19.3 Å². The third-order valence-electron chi connectivity index (χ3n) is 4.57. The molecule has 25 heavy (non-hydrogen) atoms. The minimum absolute atomic E-state index is 0.0210. The number of hydroxylamine groups is 2. The van der Waals surface area contributed by atoms with E-state index in [1.807, 2.05) is 6.92 Å². The molecule has 0 spiro atoms. The van der Waals surface area contributed by atoms with Crippen molar-refractivity contribution in [2.24, 2.45) is 0 Å². The highest BCUT2D eigenvalue weighted by atomic mass is 32.2. The molecule has 2 amide bonds. The SMILES string of the molecule is CCCCC(OC(=O)CCCC[C@H]1SC[C@H]2NC(=O)N(O)[C@H]21)C(=O)O. The molecule has 0 aromatic heterocycles. The molecule has 3 N–H and O–H groups in total. The topological polar surface area (TPSA) is 116 Å². The Kier molecular flexibility index (Phi) is 7.37. The number of hydrogen-bond donors (Lipinski definition) is 3. The zero-order valence-corrected chi connectivity index (χ0v) is 15.2. The third kappa shape index (κ3) is 5.24. The number of ether oxygens (including phenoxy) is 1. The van der Waals surface area contributed by atoms with Crippen molar-refractivity contribution in [3.8, 4) is 0 Å². The minimum Gasteiger partial charge on any atom is -0.479 e. The van der Waals surface area contributed by atoms with Gasteiger partial charge in [0.15, 0.2) is 6.10 Å². The van der Waals surface area contributed by atoms with E-state index >= 15 is 0 Å². The van der Waals surface area contributed by atoms with E-state index in [-0.39, 0.29) is 23.8 Å². The lowest BCUT2D eigenvalue weighted by Crippen LogP contribution is -2.38. The molecule has 2 aliphatic heterocycles. The molecule has 0 radical (unpaired) electrons. The Balaban J connectivity index is 1.66. The fourth-order valence-electron chi connectivity index (χ4n) is 3.21. The van der Waals surface area contributed by atoms with Crippen molar-refractivity contribution in [2.45, 2.75) is 75.3 Å². The number of unbranched alkanes of at least 4 members (excludes halogenated alkanes) is 2. The average molecular weight is 374 g/mol. The van der Waals surface area contributed by atoms with Crippen molar-refractivity contribution in [3.05, 3.63) is 0 Å². The van der Waals surface area contributed by atoms with Crippen LogP contribution in [0.5, 0.6) is 0 Å². The highest BCUT2D eigenvalue weighted by Crippen LogP contribution is 2.36. The van der Waals surface area contributed by atoms with E-state index in [9.17, 15) is 19.6 Å². The van der Waals surface area contributed by atoms with Gasteiger partial charge in [-0.1, -0.05) is 19.8 Å². The highest BCUT2D eigenvalue weighted by molar-refractivity contribution is 8.00. The second-order valence-corrected chi connectivity index (χ2v) is 7.74. The Morgan fingerprint density at radius 2 is 2.16 bits per heavy atom. The van der Waals surface area contributed by atoms with E-state index in [4.69, 9.17) is 9.84 Å². The lowest BCUT2D eigenvalue weighted by molar-refractivity contribution is -0.164. The Bertz CT molecular complexity index is 503. The van der Waals surface area contributed by atoms with Crippen molar-refractivity contribution in [3.63, 3.8) is 0 Å². The molecule has 0 aliphatic carbocycles. The summed E-state index contributed by atoms with van der Waals surface area (Å²) in [5.74, 6) is -0.809. The van der Waals surface area contributed by atoms with Gasteiger partial charge in [0.1, 0.15) is 0 Å². The first-order valence-corrected chi connectivity index (χ1v) is 9.81. The number of thioether (sulfide) groups is 1. The van der Waals surface area contributed by atoms with Gasteiger partial charge in [0.25, 0.3) is 0 Å². The summed E-state index contributed by atoms with van der Waals surface area (Å²) in [7, 11) is 0. The van der Waals surface area contributed by atoms with Crippen LogP contribution >= 0.6 is 11.8 Å². The number of carbonyl (C=O) groups is 3. The van der Waals surface area contributed by atoms with Crippen LogP contribution in [0, 0.1) is 0 Å². The summed E-state index contributed by atoms with van der Waals surface area (Å²) < 4.78 is 5.04. The lowest BCUT2D eigenvalue weighted by atomic mass is 10.0. The molecule has 9 heteroatoms. The number of nitrogens with zero attached hydrogens (tertiary/aromatic N) is 1. The first kappa shape index (κ1) is 19.8. The summed E-state index contributed by atoms with van der Waals surface area (Å²) in [6, 6.07) is -0.682. The molecule has 2 saturated heterocycles. The molecule has 2 aliphatic rings. The number of carbonyl (C=O) groups excluding carboxylic acids is 2. The molecule has 0 aromatic carbocycles. The fourth-order valence-corrected chi connectivity index (χ4v) is 4.78. The van der Waals surface area contributed by atoms with Gasteiger partial charge in [0.05, 0.1) is 12.1 Å². The molecule has 2 heterocycles. The van der Waals surface area contributed by atoms with Crippen molar-refractivity contribution in [2.75, 3.05) is 5.75 Å². The normalized spacial score (nSPS) is 26.2. The molecule has 1 unspecified atom stereocenters. The lowest BCUT2D eigenvalue weighted by Gasteiger charge is -2.21. The summed E-state index contributed by atoms with van der Waals surface area (Å²) in [5, 5.41) is 22.5. The van der Waals surface area contributed by atoms with E-state index < -0.39 is 24.1 Å². The number of fused-ring (bicyclic) bond motifs is 1. The number of amides is 2. The van der Waals surface area contributed by atoms with Crippen LogP contribution in [0.1, 0.15) is 51.9 Å². The number of hydrogen-bond acceptors (Lipinski definition) is 6. The van der Waals surface area contributed by atoms with Crippen LogP contribution in [0.4, 0.5) is 4.79 Å². The van der Waals surface area contributed by atoms with Crippen LogP contribution in [-0.4, -0.2) is 62.5 Å². The highest BCUT2D eigenvalue weighted by Gasteiger charge is 2.48. The summed E-state index contributed by atoms with van der Waals surface area (Å²) in [6.07, 6.45) is 3.15. The zero-order valence-electron chi connectivity index (χ0n) is 14.3. The Morgan fingerprint density at radius 3 is 2.84 bits per heavy atom. The predicted octanol–water partition coefficient (Wildman–Crippen LogP) is 2.00. The van der Waals surface area contributed by atoms with Gasteiger partial charge in [0, 0.05) is 17.4 Å². The first-order chi connectivity index (χ1) is 11.9. The van der Waals surface area contributed by atoms with Crippen LogP contribution in [0.3, 0.4) is 0 Å². The van der Waals surface area contributed by atoms with Crippen molar-refractivity contribution in [1.29, 1.82) is 0 Å². The van der Waals surface area contributed by atoms with Gasteiger partial charge in [-0.25, -0.2) is 9.59 Å². The van der Waals surface area contributed by atoms with E-state index in [2.05, 4.69) is 5.32 Å². The van der Waals surface area contributed by atoms with Crippen LogP contribution in [0.25, 0.3) is 0 Å². The van der Waals surface area contributed by atoms with Crippen LogP contribution in [0.15, 0.2) is 0 Å². The van der Waals surface area contributed by atoms with Gasteiger partial charge < -0.3 is 15.2 Å². The quantitative estimate of drug-likeness (QED) is 0.232. The maximum absolute atomic E-state index is 11.8. The number of esters is 1. The maximum Gasteiger partial charge on any atom is 0.345 e. The number of urea groups is 1. The molecular formula is C16H26N2O6S. The minimum atomic E-state index is -1.10. The van der Waals surface area contributed by atoms with E-state index in [1.54, 1.807) is 11.8 Å². The van der Waals surface area contributed by atoms with Crippen molar-refractivity contribution in [1.82, 2.24) is 10.4 Å². The summed E-state index contributed by atoms with van der Waals surface area (Å²) in [5.41, 5.74) is 0. The summed E-state index contributed by atoms with van der Waals surface area (Å²) in [6.45, 7) is 1.95. The average Bonchev–Trinajstić information content (AvgIpc) is 3.08. The molecule has 4 atom stereocenters. The molecule has 0 bridgehead atoms. The van der Waals surface area contributed by atoms with Gasteiger partial charge in [0.2, 0.25) is 0 Å². The Hall–Kier alpha value is -1.48. The van der Waals surface area contributed by atoms with Gasteiger partial charge in [-0.3, -0.25) is 10.0 Å². The molecule has 2 rings (SSSR count). The zero-order chi connectivity index (χ0) is 18.4. The Labute approximate surface area is 151 Å². The molecule has 8 nitrogen and oxygen atoms in total. The largest absolute Gasteiger partial charge is 0.479 e. The van der Waals surface area contributed by atoms with Gasteiger partial charge in [-0.05, 0) is 25.7 Å². The Morgan fingerprint density at radius 1 is 1.40 bits per heavy atom. The number of rotatable bonds is 10. The number of carboxylic acids is 1. The second kappa shape index (κ2) is 9.28. The molecular weight excluding hydrogens is 348 g/mol. The first-order valence-electron chi connectivity index (χ1n) is 8.76. The fraction of sp³-hybridized carbons (Fsp3) is 0.812. The van der Waals surface area contributed by atoms with Crippen molar-refractivity contribution >= 4 is 29.7 Å². The van der Waals surface area contributed by atoms with E-state index in [1.165, 1.54) is 0 Å². The predicted molar refractivity (Wildman–Crippen MR) is 91.5 cm³/mol. The second-order valence-electron chi connectivity index (χ2n) is 6.47. The van der Waals surface area contributed by atoms with Gasteiger partial charge in [-0.2, -0.15) is 16.8 Å². The number of carboxylic acid groups (broad SMARTS) is 1.